The molecule has 3 aliphatic heterocycles. The molecule has 5 atom stereocenters. The number of rotatable bonds is 1. The average molecular weight is 727 g/mol. The first kappa shape index (κ1) is 35.1. The van der Waals surface area contributed by atoms with Gasteiger partial charge in [-0.2, -0.15) is 0 Å². The second kappa shape index (κ2) is 13.7. The Bertz CT molecular complexity index is 1780. The van der Waals surface area contributed by atoms with Crippen LogP contribution >= 0.6 is 11.6 Å². The molecule has 2 aliphatic carbocycles. The molecule has 2 fully saturated rings. The molecular formula is C37H47ClN4O7S. The minimum absolute atomic E-state index is 0.0324. The highest BCUT2D eigenvalue weighted by Gasteiger charge is 2.45. The number of carbonyl (C=O) groups excluding carboxylic acids is 2. The smallest absolute Gasteiger partial charge is 0.410 e. The summed E-state index contributed by atoms with van der Waals surface area (Å²) in [6, 6.07) is 11.1. The van der Waals surface area contributed by atoms with Crippen LogP contribution in [0.5, 0.6) is 5.75 Å². The molecule has 1 saturated carbocycles. The number of nitrogens with one attached hydrogen (secondary N) is 2. The van der Waals surface area contributed by atoms with Crippen molar-refractivity contribution in [2.24, 2.45) is 11.8 Å². The molecule has 270 valence electrons. The van der Waals surface area contributed by atoms with Gasteiger partial charge in [0.2, 0.25) is 0 Å². The van der Waals surface area contributed by atoms with Crippen LogP contribution in [0.1, 0.15) is 57.6 Å². The normalized spacial score (nSPS) is 31.2. The lowest BCUT2D eigenvalue weighted by Crippen LogP contribution is -2.53. The van der Waals surface area contributed by atoms with E-state index in [1.807, 2.05) is 19.1 Å². The number of ether oxygens (including phenoxy) is 3. The summed E-state index contributed by atoms with van der Waals surface area (Å²) in [5.74, 6) is -0.00878. The molecule has 50 heavy (non-hydrogen) atoms. The maximum Gasteiger partial charge on any atom is 0.410 e. The van der Waals surface area contributed by atoms with Crippen LogP contribution in [0.25, 0.3) is 0 Å². The number of hydrogen-bond acceptors (Lipinski definition) is 9. The molecule has 13 heteroatoms. The predicted octanol–water partition coefficient (Wildman–Crippen LogP) is 4.81. The van der Waals surface area contributed by atoms with Gasteiger partial charge in [-0.1, -0.05) is 23.7 Å². The molecule has 0 unspecified atom stereocenters. The van der Waals surface area contributed by atoms with Crippen molar-refractivity contribution in [3.05, 3.63) is 64.7 Å². The zero-order valence-corrected chi connectivity index (χ0v) is 30.5. The van der Waals surface area contributed by atoms with Crippen LogP contribution in [0.3, 0.4) is 0 Å². The van der Waals surface area contributed by atoms with Gasteiger partial charge in [0.1, 0.15) is 17.5 Å². The number of piperazine rings is 1. The monoisotopic (exact) mass is 726 g/mol. The maximum absolute atomic E-state index is 13.7. The van der Waals surface area contributed by atoms with Gasteiger partial charge in [-0.3, -0.25) is 4.79 Å². The fourth-order valence-electron chi connectivity index (χ4n) is 8.17. The van der Waals surface area contributed by atoms with E-state index in [-0.39, 0.29) is 40.9 Å². The van der Waals surface area contributed by atoms with Crippen molar-refractivity contribution in [1.82, 2.24) is 14.9 Å². The van der Waals surface area contributed by atoms with Crippen molar-refractivity contribution in [3.8, 4) is 5.75 Å². The maximum atomic E-state index is 13.7. The zero-order chi connectivity index (χ0) is 35.3. The highest BCUT2D eigenvalue weighted by atomic mass is 35.5. The van der Waals surface area contributed by atoms with Crippen LogP contribution in [0.4, 0.5) is 10.5 Å². The first-order chi connectivity index (χ1) is 23.8. The van der Waals surface area contributed by atoms with Crippen LogP contribution in [0.2, 0.25) is 5.02 Å². The number of fused-ring (bicyclic) bond motifs is 4. The first-order valence-corrected chi connectivity index (χ1v) is 19.6. The molecule has 7 rings (SSSR count). The Morgan fingerprint density at radius 3 is 2.74 bits per heavy atom. The molecular weight excluding hydrogens is 680 g/mol. The number of hydrogen-bond donors (Lipinski definition) is 2. The van der Waals surface area contributed by atoms with E-state index in [0.717, 1.165) is 32.1 Å². The van der Waals surface area contributed by atoms with Gasteiger partial charge < -0.3 is 29.3 Å². The number of sulfonamides is 1. The lowest BCUT2D eigenvalue weighted by Gasteiger charge is -2.46. The Balaban J connectivity index is 1.27. The van der Waals surface area contributed by atoms with E-state index in [0.29, 0.717) is 55.8 Å². The lowest BCUT2D eigenvalue weighted by atomic mass is 9.68. The number of amides is 2. The van der Waals surface area contributed by atoms with Crippen LogP contribution in [0, 0.1) is 11.8 Å². The Labute approximate surface area is 299 Å². The second-order valence-electron chi connectivity index (χ2n) is 15.1. The van der Waals surface area contributed by atoms with E-state index in [2.05, 4.69) is 27.1 Å². The molecule has 0 aromatic heterocycles. The van der Waals surface area contributed by atoms with E-state index in [4.69, 9.17) is 25.8 Å². The average Bonchev–Trinajstić information content (AvgIpc) is 3.21. The molecule has 11 nitrogen and oxygen atoms in total. The zero-order valence-electron chi connectivity index (χ0n) is 29.0. The number of aryl methyl sites for hydroxylation is 1. The van der Waals surface area contributed by atoms with Crippen LogP contribution in [-0.2, 0) is 36.1 Å². The standard InChI is InChI=1S/C37H47ClN4O7S/c1-24-20-41(16-15-39-24)35(44)49-32-7-5-17-48-36(2,3)34(43)40-50(45,46)28-10-13-33-31(19-28)42(21-26-8-11-29(26)32)22-37(23-47-33)14-4-6-25-18-27(38)9-12-30(25)37/h5,7,9-10,12-13,18-19,24,26,29,32,39H,4,6,8,11,14-17,20-23H2,1-3H3,(H,40,43)/b7-5+/t24-,26-,29+,32-,37-/m0/s1. The number of carbonyl (C=O) groups is 2. The fourth-order valence-corrected chi connectivity index (χ4v) is 9.49. The molecule has 1 spiro atoms. The summed E-state index contributed by atoms with van der Waals surface area (Å²) >= 11 is 6.44. The highest BCUT2D eigenvalue weighted by molar-refractivity contribution is 7.90. The second-order valence-corrected chi connectivity index (χ2v) is 17.2. The number of halogens is 1. The van der Waals surface area contributed by atoms with Gasteiger partial charge in [-0.25, -0.2) is 17.9 Å². The molecule has 2 bridgehead atoms. The summed E-state index contributed by atoms with van der Waals surface area (Å²) in [6.07, 6.45) is 7.42. The minimum atomic E-state index is -4.24. The van der Waals surface area contributed by atoms with Crippen molar-refractivity contribution in [1.29, 1.82) is 0 Å². The van der Waals surface area contributed by atoms with Gasteiger partial charge in [0.05, 0.1) is 23.8 Å². The van der Waals surface area contributed by atoms with Gasteiger partial charge in [-0.05, 0) is 106 Å². The van der Waals surface area contributed by atoms with Crippen molar-refractivity contribution < 1.29 is 32.2 Å². The Morgan fingerprint density at radius 1 is 1.12 bits per heavy atom. The quantitative estimate of drug-likeness (QED) is 0.399. The molecule has 1 saturated heterocycles. The van der Waals surface area contributed by atoms with Gasteiger partial charge in [0.15, 0.2) is 0 Å². The minimum Gasteiger partial charge on any atom is -0.490 e. The lowest BCUT2D eigenvalue weighted by molar-refractivity contribution is -0.139. The summed E-state index contributed by atoms with van der Waals surface area (Å²) in [5.41, 5.74) is 1.27. The van der Waals surface area contributed by atoms with Crippen LogP contribution in [-0.4, -0.2) is 89.0 Å². The van der Waals surface area contributed by atoms with E-state index in [1.165, 1.54) is 31.0 Å². The predicted molar refractivity (Wildman–Crippen MR) is 190 cm³/mol. The molecule has 2 N–H and O–H groups in total. The Morgan fingerprint density at radius 2 is 1.96 bits per heavy atom. The molecule has 5 aliphatic rings. The third-order valence-electron chi connectivity index (χ3n) is 11.2. The van der Waals surface area contributed by atoms with Crippen molar-refractivity contribution in [3.63, 3.8) is 0 Å². The SMILES string of the molecule is C[C@H]1CN(C(=O)O[C@H]2/C=C/COC(C)(C)C(=O)NS(=O)(=O)c3ccc4c(c3)N(C[C@@H]3CC[C@H]32)C[C@@]2(CCCc3cc(Cl)ccc32)CO4)CCN1. The molecule has 0 radical (unpaired) electrons. The summed E-state index contributed by atoms with van der Waals surface area (Å²) in [6.45, 7) is 8.64. The van der Waals surface area contributed by atoms with Gasteiger partial charge in [0, 0.05) is 55.1 Å². The number of nitrogens with zero attached hydrogens (tertiary/aromatic N) is 2. The van der Waals surface area contributed by atoms with Crippen LogP contribution in [0.15, 0.2) is 53.4 Å². The summed E-state index contributed by atoms with van der Waals surface area (Å²) < 4.78 is 48.3. The number of benzene rings is 2. The summed E-state index contributed by atoms with van der Waals surface area (Å²) in [7, 11) is -4.24. The van der Waals surface area contributed by atoms with E-state index in [9.17, 15) is 18.0 Å². The molecule has 2 amide bonds. The van der Waals surface area contributed by atoms with Crippen molar-refractivity contribution >= 4 is 39.3 Å². The third kappa shape index (κ3) is 6.96. The summed E-state index contributed by atoms with van der Waals surface area (Å²) in [4.78, 5) is 30.8. The first-order valence-electron chi connectivity index (χ1n) is 17.7. The van der Waals surface area contributed by atoms with Crippen molar-refractivity contribution in [2.45, 2.75) is 80.9 Å². The van der Waals surface area contributed by atoms with Crippen molar-refractivity contribution in [2.75, 3.05) is 50.8 Å². The van der Waals surface area contributed by atoms with Gasteiger partial charge in [-0.15, -0.1) is 0 Å². The summed E-state index contributed by atoms with van der Waals surface area (Å²) in [5, 5.41) is 4.07. The van der Waals surface area contributed by atoms with Gasteiger partial charge >= 0.3 is 6.09 Å². The highest BCUT2D eigenvalue weighted by Crippen LogP contribution is 2.47. The molecule has 2 aromatic rings. The molecule has 3 heterocycles. The van der Waals surface area contributed by atoms with E-state index < -0.39 is 27.6 Å². The third-order valence-corrected chi connectivity index (χ3v) is 12.7. The van der Waals surface area contributed by atoms with E-state index in [1.54, 1.807) is 23.1 Å². The Hall–Kier alpha value is -3.32. The Kier molecular flexibility index (Phi) is 9.59. The van der Waals surface area contributed by atoms with Crippen LogP contribution < -0.4 is 19.7 Å². The fraction of sp³-hybridized carbons (Fsp3) is 0.568. The topological polar surface area (TPSA) is 127 Å². The van der Waals surface area contributed by atoms with E-state index >= 15 is 0 Å². The molecule has 2 aromatic carbocycles. The van der Waals surface area contributed by atoms with Gasteiger partial charge in [0.25, 0.3) is 15.9 Å². The number of anilines is 1. The largest absolute Gasteiger partial charge is 0.490 e.